The molecule has 0 atom stereocenters. The predicted octanol–water partition coefficient (Wildman–Crippen LogP) is -0.0756. The summed E-state index contributed by atoms with van der Waals surface area (Å²) in [6.07, 6.45) is 0.423. The van der Waals surface area contributed by atoms with Gasteiger partial charge in [-0.1, -0.05) is 6.92 Å². The van der Waals surface area contributed by atoms with E-state index in [-0.39, 0.29) is 11.5 Å². The van der Waals surface area contributed by atoms with Crippen molar-refractivity contribution in [2.45, 2.75) is 13.3 Å². The molecule has 5 heteroatoms. The van der Waals surface area contributed by atoms with Crippen molar-refractivity contribution in [2.24, 2.45) is 0 Å². The number of nitrogens with one attached hydrogen (secondary N) is 1. The second-order valence-corrected chi connectivity index (χ2v) is 4.87. The van der Waals surface area contributed by atoms with E-state index in [1.54, 1.807) is 6.92 Å². The van der Waals surface area contributed by atoms with Gasteiger partial charge in [0.15, 0.2) is 9.84 Å². The number of hydrogen-bond acceptors (Lipinski definition) is 4. The Morgan fingerprint density at radius 2 is 2.08 bits per heavy atom. The van der Waals surface area contributed by atoms with Crippen LogP contribution in [-0.4, -0.2) is 33.0 Å². The zero-order valence-corrected chi connectivity index (χ0v) is 8.02. The van der Waals surface area contributed by atoms with Gasteiger partial charge in [0.25, 0.3) is 0 Å². The number of nitriles is 1. The van der Waals surface area contributed by atoms with E-state index in [2.05, 4.69) is 5.32 Å². The van der Waals surface area contributed by atoms with E-state index in [0.29, 0.717) is 19.5 Å². The minimum atomic E-state index is -2.85. The maximum atomic E-state index is 10.9. The van der Waals surface area contributed by atoms with E-state index in [4.69, 9.17) is 5.26 Å². The molecule has 0 rings (SSSR count). The van der Waals surface area contributed by atoms with E-state index in [9.17, 15) is 8.42 Å². The van der Waals surface area contributed by atoms with Gasteiger partial charge in [0, 0.05) is 25.3 Å². The molecule has 0 aromatic rings. The van der Waals surface area contributed by atoms with Gasteiger partial charge in [0.2, 0.25) is 0 Å². The summed E-state index contributed by atoms with van der Waals surface area (Å²) < 4.78 is 21.9. The molecule has 0 unspecified atom stereocenters. The maximum Gasteiger partial charge on any atom is 0.151 e. The molecule has 1 N–H and O–H groups in total. The Balaban J connectivity index is 3.39. The van der Waals surface area contributed by atoms with E-state index >= 15 is 0 Å². The van der Waals surface area contributed by atoms with Crippen LogP contribution >= 0.6 is 0 Å². The van der Waals surface area contributed by atoms with Gasteiger partial charge >= 0.3 is 0 Å². The van der Waals surface area contributed by atoms with Crippen LogP contribution in [0, 0.1) is 11.3 Å². The van der Waals surface area contributed by atoms with Crippen LogP contribution in [0.3, 0.4) is 0 Å². The Morgan fingerprint density at radius 3 is 2.58 bits per heavy atom. The molecule has 0 bridgehead atoms. The van der Waals surface area contributed by atoms with Gasteiger partial charge in [0.05, 0.1) is 11.8 Å². The van der Waals surface area contributed by atoms with Gasteiger partial charge in [-0.15, -0.1) is 0 Å². The van der Waals surface area contributed by atoms with Gasteiger partial charge in [-0.2, -0.15) is 5.26 Å². The molecular weight excluding hydrogens is 176 g/mol. The highest BCUT2D eigenvalue weighted by Crippen LogP contribution is 1.86. The molecule has 0 aliphatic rings. The Morgan fingerprint density at radius 1 is 1.42 bits per heavy atom. The molecule has 4 nitrogen and oxygen atoms in total. The highest BCUT2D eigenvalue weighted by atomic mass is 32.2. The van der Waals surface area contributed by atoms with Gasteiger partial charge in [-0.25, -0.2) is 8.42 Å². The maximum absolute atomic E-state index is 10.9. The first-order chi connectivity index (χ1) is 5.62. The van der Waals surface area contributed by atoms with Crippen molar-refractivity contribution in [1.29, 1.82) is 5.26 Å². The monoisotopic (exact) mass is 190 g/mol. The molecule has 0 fully saturated rings. The highest BCUT2D eigenvalue weighted by Gasteiger charge is 2.05. The fraction of sp³-hybridized carbons (Fsp3) is 0.857. The average molecular weight is 190 g/mol. The van der Waals surface area contributed by atoms with Crippen molar-refractivity contribution >= 4 is 9.84 Å². The summed E-state index contributed by atoms with van der Waals surface area (Å²) in [4.78, 5) is 0. The summed E-state index contributed by atoms with van der Waals surface area (Å²) >= 11 is 0. The van der Waals surface area contributed by atoms with Crippen LogP contribution in [0.5, 0.6) is 0 Å². The Bertz CT molecular complexity index is 241. The first kappa shape index (κ1) is 11.4. The molecule has 12 heavy (non-hydrogen) atoms. The summed E-state index contributed by atoms with van der Waals surface area (Å²) in [6.45, 7) is 2.64. The molecule has 0 aromatic heterocycles. The first-order valence-corrected chi connectivity index (χ1v) is 5.72. The van der Waals surface area contributed by atoms with Crippen LogP contribution < -0.4 is 5.32 Å². The standard InChI is InChI=1S/C7H14N2O2S/c1-2-12(10,11)7-6-9-5-3-4-8/h9H,2-3,5-7H2,1H3. The number of hydrogen-bond donors (Lipinski definition) is 1. The first-order valence-electron chi connectivity index (χ1n) is 3.90. The minimum absolute atomic E-state index is 0.162. The minimum Gasteiger partial charge on any atom is -0.315 e. The Labute approximate surface area is 73.5 Å². The largest absolute Gasteiger partial charge is 0.315 e. The highest BCUT2D eigenvalue weighted by molar-refractivity contribution is 7.91. The lowest BCUT2D eigenvalue weighted by atomic mass is 10.5. The lowest BCUT2D eigenvalue weighted by molar-refractivity contribution is 0.592. The summed E-state index contributed by atoms with van der Waals surface area (Å²) in [6, 6.07) is 1.97. The quantitative estimate of drug-likeness (QED) is 0.595. The third-order valence-corrected chi connectivity index (χ3v) is 3.15. The predicted molar refractivity (Wildman–Crippen MR) is 47.4 cm³/mol. The van der Waals surface area contributed by atoms with Gasteiger partial charge in [0.1, 0.15) is 0 Å². The van der Waals surface area contributed by atoms with Gasteiger partial charge in [-0.3, -0.25) is 0 Å². The van der Waals surface area contributed by atoms with Crippen molar-refractivity contribution in [3.8, 4) is 6.07 Å². The van der Waals surface area contributed by atoms with E-state index in [1.807, 2.05) is 6.07 Å². The normalized spacial score (nSPS) is 11.0. The molecule has 0 radical (unpaired) electrons. The number of nitrogens with zero attached hydrogens (tertiary/aromatic N) is 1. The summed E-state index contributed by atoms with van der Waals surface area (Å²) in [5.74, 6) is 0.349. The van der Waals surface area contributed by atoms with Crippen molar-refractivity contribution < 1.29 is 8.42 Å². The molecule has 0 aromatic carbocycles. The second-order valence-electron chi connectivity index (χ2n) is 2.39. The van der Waals surface area contributed by atoms with Crippen molar-refractivity contribution in [3.05, 3.63) is 0 Å². The molecule has 0 heterocycles. The van der Waals surface area contributed by atoms with E-state index < -0.39 is 9.84 Å². The molecule has 0 aliphatic heterocycles. The van der Waals surface area contributed by atoms with Crippen LogP contribution in [0.15, 0.2) is 0 Å². The number of sulfone groups is 1. The molecular formula is C7H14N2O2S. The zero-order chi connectivity index (χ0) is 9.45. The molecule has 0 aliphatic carbocycles. The lowest BCUT2D eigenvalue weighted by Gasteiger charge is -2.01. The third-order valence-electron chi connectivity index (χ3n) is 1.44. The zero-order valence-electron chi connectivity index (χ0n) is 7.21. The molecule has 0 amide bonds. The van der Waals surface area contributed by atoms with Crippen LogP contribution in [0.2, 0.25) is 0 Å². The van der Waals surface area contributed by atoms with Crippen LogP contribution in [-0.2, 0) is 9.84 Å². The summed E-state index contributed by atoms with van der Waals surface area (Å²) in [5.41, 5.74) is 0. The van der Waals surface area contributed by atoms with Crippen LogP contribution in [0.25, 0.3) is 0 Å². The fourth-order valence-electron chi connectivity index (χ4n) is 0.641. The average Bonchev–Trinajstić information content (AvgIpc) is 2.04. The van der Waals surface area contributed by atoms with Crippen LogP contribution in [0.4, 0.5) is 0 Å². The van der Waals surface area contributed by atoms with Gasteiger partial charge in [-0.05, 0) is 0 Å². The van der Waals surface area contributed by atoms with E-state index in [1.165, 1.54) is 0 Å². The topological polar surface area (TPSA) is 70.0 Å². The van der Waals surface area contributed by atoms with Crippen molar-refractivity contribution in [3.63, 3.8) is 0 Å². The summed E-state index contributed by atoms with van der Waals surface area (Å²) in [5, 5.41) is 11.0. The molecule has 0 saturated carbocycles. The fourth-order valence-corrected chi connectivity index (χ4v) is 1.39. The lowest BCUT2D eigenvalue weighted by Crippen LogP contribution is -2.24. The SMILES string of the molecule is CCS(=O)(=O)CCNCCC#N. The molecule has 70 valence electrons. The second kappa shape index (κ2) is 5.98. The number of rotatable bonds is 6. The smallest absolute Gasteiger partial charge is 0.151 e. The van der Waals surface area contributed by atoms with Crippen molar-refractivity contribution in [2.75, 3.05) is 24.6 Å². The molecule has 0 saturated heterocycles. The molecule has 0 spiro atoms. The van der Waals surface area contributed by atoms with E-state index in [0.717, 1.165) is 0 Å². The van der Waals surface area contributed by atoms with Gasteiger partial charge < -0.3 is 5.32 Å². The summed E-state index contributed by atoms with van der Waals surface area (Å²) in [7, 11) is -2.85. The van der Waals surface area contributed by atoms with Crippen molar-refractivity contribution in [1.82, 2.24) is 5.32 Å². The van der Waals surface area contributed by atoms with Crippen LogP contribution in [0.1, 0.15) is 13.3 Å². The Hall–Kier alpha value is -0.600. The Kier molecular flexibility index (Phi) is 5.68. The third kappa shape index (κ3) is 6.13.